The maximum atomic E-state index is 5.26. The van der Waals surface area contributed by atoms with E-state index in [1.54, 1.807) is 0 Å². The van der Waals surface area contributed by atoms with Gasteiger partial charge in [-0.15, -0.1) is 0 Å². The van der Waals surface area contributed by atoms with Crippen LogP contribution in [0, 0.1) is 0 Å². The van der Waals surface area contributed by atoms with Crippen LogP contribution in [-0.4, -0.2) is 35.7 Å². The molecule has 0 amide bonds. The SMILES string of the molecule is NCCOCCCNc1ncns1. The van der Waals surface area contributed by atoms with Gasteiger partial charge in [-0.3, -0.25) is 0 Å². The highest BCUT2D eigenvalue weighted by Crippen LogP contribution is 2.05. The summed E-state index contributed by atoms with van der Waals surface area (Å²) in [6, 6.07) is 0. The standard InChI is InChI=1S/C7H14N4OS/c8-2-5-12-4-1-3-9-7-10-6-11-13-7/h6H,1-5,8H2,(H,9,10,11). The topological polar surface area (TPSA) is 73.1 Å². The van der Waals surface area contributed by atoms with Crippen molar-refractivity contribution in [2.45, 2.75) is 6.42 Å². The van der Waals surface area contributed by atoms with Gasteiger partial charge in [0.15, 0.2) is 0 Å². The van der Waals surface area contributed by atoms with Crippen molar-refractivity contribution in [2.24, 2.45) is 5.73 Å². The Morgan fingerprint density at radius 3 is 3.15 bits per heavy atom. The molecule has 13 heavy (non-hydrogen) atoms. The zero-order valence-electron chi connectivity index (χ0n) is 7.40. The van der Waals surface area contributed by atoms with Crippen LogP contribution >= 0.6 is 11.5 Å². The van der Waals surface area contributed by atoms with E-state index in [2.05, 4.69) is 14.7 Å². The molecule has 3 N–H and O–H groups in total. The third kappa shape index (κ3) is 4.76. The third-order valence-corrected chi connectivity index (χ3v) is 1.99. The van der Waals surface area contributed by atoms with Gasteiger partial charge in [-0.25, -0.2) is 4.98 Å². The van der Waals surface area contributed by atoms with Crippen LogP contribution in [-0.2, 0) is 4.74 Å². The van der Waals surface area contributed by atoms with E-state index in [-0.39, 0.29) is 0 Å². The van der Waals surface area contributed by atoms with Crippen LogP contribution in [0.25, 0.3) is 0 Å². The van der Waals surface area contributed by atoms with Crippen molar-refractivity contribution in [1.82, 2.24) is 9.36 Å². The molecular formula is C7H14N4OS. The Bertz CT molecular complexity index is 204. The highest BCUT2D eigenvalue weighted by molar-refractivity contribution is 7.09. The predicted octanol–water partition coefficient (Wildman–Crippen LogP) is 0.315. The van der Waals surface area contributed by atoms with Crippen LogP contribution in [0.5, 0.6) is 0 Å². The molecule has 0 aliphatic rings. The van der Waals surface area contributed by atoms with Crippen molar-refractivity contribution in [3.8, 4) is 0 Å². The van der Waals surface area contributed by atoms with Gasteiger partial charge < -0.3 is 15.8 Å². The molecule has 0 radical (unpaired) electrons. The minimum atomic E-state index is 0.587. The molecule has 1 aromatic heterocycles. The summed E-state index contributed by atoms with van der Waals surface area (Å²) in [6.45, 7) is 2.82. The van der Waals surface area contributed by atoms with Gasteiger partial charge in [-0.05, 0) is 6.42 Å². The number of hydrogen-bond acceptors (Lipinski definition) is 6. The normalized spacial score (nSPS) is 10.2. The molecule has 0 fully saturated rings. The van der Waals surface area contributed by atoms with Crippen LogP contribution in [0.15, 0.2) is 6.33 Å². The van der Waals surface area contributed by atoms with Crippen molar-refractivity contribution < 1.29 is 4.74 Å². The van der Waals surface area contributed by atoms with E-state index in [9.17, 15) is 0 Å². The van der Waals surface area contributed by atoms with E-state index >= 15 is 0 Å². The van der Waals surface area contributed by atoms with Gasteiger partial charge >= 0.3 is 0 Å². The number of nitrogens with two attached hydrogens (primary N) is 1. The van der Waals surface area contributed by atoms with Gasteiger partial charge in [0.05, 0.1) is 6.61 Å². The monoisotopic (exact) mass is 202 g/mol. The molecule has 1 aromatic rings. The van der Waals surface area contributed by atoms with E-state index in [0.29, 0.717) is 13.2 Å². The van der Waals surface area contributed by atoms with Crippen molar-refractivity contribution in [3.63, 3.8) is 0 Å². The molecule has 0 bridgehead atoms. The Hall–Kier alpha value is -0.720. The summed E-state index contributed by atoms with van der Waals surface area (Å²) in [7, 11) is 0. The molecule has 0 saturated carbocycles. The van der Waals surface area contributed by atoms with Crippen LogP contribution in [0.2, 0.25) is 0 Å². The fourth-order valence-corrected chi connectivity index (χ4v) is 1.26. The number of nitrogens with one attached hydrogen (secondary N) is 1. The van der Waals surface area contributed by atoms with Gasteiger partial charge in [0.2, 0.25) is 5.13 Å². The van der Waals surface area contributed by atoms with Gasteiger partial charge in [0.25, 0.3) is 0 Å². The largest absolute Gasteiger partial charge is 0.380 e. The van der Waals surface area contributed by atoms with Crippen molar-refractivity contribution in [2.75, 3.05) is 31.6 Å². The highest BCUT2D eigenvalue weighted by Gasteiger charge is 1.93. The first kappa shape index (κ1) is 10.4. The molecule has 0 atom stereocenters. The Morgan fingerprint density at radius 2 is 2.46 bits per heavy atom. The van der Waals surface area contributed by atoms with Gasteiger partial charge in [0.1, 0.15) is 6.33 Å². The second kappa shape index (κ2) is 6.76. The lowest BCUT2D eigenvalue weighted by atomic mass is 10.4. The fourth-order valence-electron chi connectivity index (χ4n) is 0.806. The van der Waals surface area contributed by atoms with Crippen molar-refractivity contribution in [3.05, 3.63) is 6.33 Å². The average molecular weight is 202 g/mol. The van der Waals surface area contributed by atoms with E-state index < -0.39 is 0 Å². The number of aromatic nitrogens is 2. The average Bonchev–Trinajstić information content (AvgIpc) is 2.63. The lowest BCUT2D eigenvalue weighted by Crippen LogP contribution is -2.11. The maximum absolute atomic E-state index is 5.26. The van der Waals surface area contributed by atoms with Crippen LogP contribution < -0.4 is 11.1 Å². The first-order chi connectivity index (χ1) is 6.43. The summed E-state index contributed by atoms with van der Waals surface area (Å²) in [4.78, 5) is 3.99. The summed E-state index contributed by atoms with van der Waals surface area (Å²) in [5.74, 6) is 0. The zero-order valence-corrected chi connectivity index (χ0v) is 8.22. The summed E-state index contributed by atoms with van der Waals surface area (Å²) >= 11 is 1.36. The van der Waals surface area contributed by atoms with E-state index in [1.807, 2.05) is 0 Å². The Morgan fingerprint density at radius 1 is 1.54 bits per heavy atom. The minimum Gasteiger partial charge on any atom is -0.380 e. The zero-order chi connectivity index (χ0) is 9.36. The molecule has 1 rings (SSSR count). The van der Waals surface area contributed by atoms with Gasteiger partial charge in [-0.1, -0.05) is 0 Å². The van der Waals surface area contributed by atoms with Crippen molar-refractivity contribution in [1.29, 1.82) is 0 Å². The number of ether oxygens (including phenoxy) is 1. The number of anilines is 1. The number of nitrogens with zero attached hydrogens (tertiary/aromatic N) is 2. The minimum absolute atomic E-state index is 0.587. The summed E-state index contributed by atoms with van der Waals surface area (Å²) in [5, 5.41) is 4.00. The Labute approximate surface area is 81.5 Å². The second-order valence-electron chi connectivity index (χ2n) is 2.43. The smallest absolute Gasteiger partial charge is 0.202 e. The third-order valence-electron chi connectivity index (χ3n) is 1.37. The highest BCUT2D eigenvalue weighted by atomic mass is 32.1. The van der Waals surface area contributed by atoms with Crippen LogP contribution in [0.1, 0.15) is 6.42 Å². The van der Waals surface area contributed by atoms with E-state index in [0.717, 1.165) is 24.7 Å². The molecule has 74 valence electrons. The van der Waals surface area contributed by atoms with Crippen LogP contribution in [0.4, 0.5) is 5.13 Å². The Balaban J connectivity index is 1.90. The lowest BCUT2D eigenvalue weighted by Gasteiger charge is -2.02. The molecule has 0 aliphatic carbocycles. The Kier molecular flexibility index (Phi) is 5.39. The quantitative estimate of drug-likeness (QED) is 0.623. The lowest BCUT2D eigenvalue weighted by molar-refractivity contribution is 0.141. The van der Waals surface area contributed by atoms with Crippen molar-refractivity contribution >= 4 is 16.7 Å². The molecular weight excluding hydrogens is 188 g/mol. The summed E-state index contributed by atoms with van der Waals surface area (Å²) in [5.41, 5.74) is 5.26. The second-order valence-corrected chi connectivity index (χ2v) is 3.21. The first-order valence-electron chi connectivity index (χ1n) is 4.22. The summed E-state index contributed by atoms with van der Waals surface area (Å²) in [6.07, 6.45) is 2.50. The molecule has 0 spiro atoms. The number of hydrogen-bond donors (Lipinski definition) is 2. The molecule has 5 nitrogen and oxygen atoms in total. The molecule has 0 aliphatic heterocycles. The van der Waals surface area contributed by atoms with E-state index in [4.69, 9.17) is 10.5 Å². The molecule has 6 heteroatoms. The first-order valence-corrected chi connectivity index (χ1v) is 4.99. The molecule has 0 saturated heterocycles. The van der Waals surface area contributed by atoms with Gasteiger partial charge in [-0.2, -0.15) is 4.37 Å². The molecule has 1 heterocycles. The maximum Gasteiger partial charge on any atom is 0.202 e. The van der Waals surface area contributed by atoms with E-state index in [1.165, 1.54) is 17.9 Å². The number of rotatable bonds is 7. The van der Waals surface area contributed by atoms with Gasteiger partial charge in [0, 0.05) is 31.2 Å². The molecule has 0 aromatic carbocycles. The predicted molar refractivity (Wildman–Crippen MR) is 52.9 cm³/mol. The fraction of sp³-hybridized carbons (Fsp3) is 0.714. The van der Waals surface area contributed by atoms with Crippen LogP contribution in [0.3, 0.4) is 0 Å². The summed E-state index contributed by atoms with van der Waals surface area (Å²) < 4.78 is 9.08. The molecule has 0 unspecified atom stereocenters.